The van der Waals surface area contributed by atoms with Gasteiger partial charge in [0.15, 0.2) is 0 Å². The van der Waals surface area contributed by atoms with E-state index in [0.717, 1.165) is 12.0 Å². The van der Waals surface area contributed by atoms with Crippen molar-refractivity contribution in [3.05, 3.63) is 70.8 Å². The van der Waals surface area contributed by atoms with Crippen molar-refractivity contribution in [2.75, 3.05) is 6.54 Å². The molecule has 2 rings (SSSR count). The molecule has 4 nitrogen and oxygen atoms in total. The normalized spacial score (nSPS) is 11.4. The van der Waals surface area contributed by atoms with Gasteiger partial charge in [0, 0.05) is 24.2 Å². The minimum atomic E-state index is -0.101. The van der Waals surface area contributed by atoms with Gasteiger partial charge in [0.1, 0.15) is 0 Å². The number of carbonyl (C=O) groups excluding carboxylic acids is 2. The molecular formula is C24H32N2O2. The van der Waals surface area contributed by atoms with Crippen molar-refractivity contribution in [2.24, 2.45) is 5.92 Å². The van der Waals surface area contributed by atoms with Crippen molar-refractivity contribution in [1.29, 1.82) is 0 Å². The summed E-state index contributed by atoms with van der Waals surface area (Å²) in [7, 11) is 0. The first-order chi connectivity index (χ1) is 13.2. The lowest BCUT2D eigenvalue weighted by Crippen LogP contribution is -2.25. The van der Waals surface area contributed by atoms with Crippen LogP contribution in [0.15, 0.2) is 48.5 Å². The Bertz CT molecular complexity index is 785. The van der Waals surface area contributed by atoms with Gasteiger partial charge in [-0.1, -0.05) is 58.9 Å². The van der Waals surface area contributed by atoms with Crippen LogP contribution in [0.5, 0.6) is 0 Å². The summed E-state index contributed by atoms with van der Waals surface area (Å²) in [4.78, 5) is 24.5. The Kier molecular flexibility index (Phi) is 7.38. The van der Waals surface area contributed by atoms with Crippen molar-refractivity contribution < 1.29 is 9.59 Å². The number of nitrogens with one attached hydrogen (secondary N) is 2. The fourth-order valence-electron chi connectivity index (χ4n) is 2.76. The number of carbonyl (C=O) groups is 2. The van der Waals surface area contributed by atoms with Gasteiger partial charge >= 0.3 is 0 Å². The lowest BCUT2D eigenvalue weighted by molar-refractivity contribution is 0.0942. The molecular weight excluding hydrogens is 348 g/mol. The minimum absolute atomic E-state index is 0.0600. The molecule has 0 bridgehead atoms. The zero-order valence-electron chi connectivity index (χ0n) is 17.6. The van der Waals surface area contributed by atoms with Gasteiger partial charge in [-0.25, -0.2) is 0 Å². The third-order valence-corrected chi connectivity index (χ3v) is 4.69. The molecule has 150 valence electrons. The van der Waals surface area contributed by atoms with Crippen LogP contribution in [0.25, 0.3) is 0 Å². The largest absolute Gasteiger partial charge is 0.352 e. The molecule has 0 radical (unpaired) electrons. The van der Waals surface area contributed by atoms with Gasteiger partial charge in [-0.05, 0) is 53.1 Å². The lowest BCUT2D eigenvalue weighted by atomic mass is 9.87. The summed E-state index contributed by atoms with van der Waals surface area (Å²) in [6, 6.07) is 15.1. The molecule has 0 aliphatic heterocycles. The van der Waals surface area contributed by atoms with Gasteiger partial charge in [0.05, 0.1) is 0 Å². The molecule has 0 saturated carbocycles. The molecule has 2 aromatic carbocycles. The number of amides is 2. The second-order valence-corrected chi connectivity index (χ2v) is 8.65. The maximum Gasteiger partial charge on any atom is 0.251 e. The number of benzene rings is 2. The van der Waals surface area contributed by atoms with Crippen LogP contribution in [-0.4, -0.2) is 18.4 Å². The van der Waals surface area contributed by atoms with Crippen molar-refractivity contribution >= 4 is 11.8 Å². The van der Waals surface area contributed by atoms with Crippen molar-refractivity contribution in [3.8, 4) is 0 Å². The van der Waals surface area contributed by atoms with Crippen LogP contribution in [0.3, 0.4) is 0 Å². The summed E-state index contributed by atoms with van der Waals surface area (Å²) in [5.74, 6) is 0.405. The Morgan fingerprint density at radius 1 is 0.821 bits per heavy atom. The minimum Gasteiger partial charge on any atom is -0.352 e. The van der Waals surface area contributed by atoms with Crippen molar-refractivity contribution in [2.45, 2.75) is 53.0 Å². The van der Waals surface area contributed by atoms with Crippen LogP contribution in [0, 0.1) is 5.92 Å². The average molecular weight is 381 g/mol. The highest BCUT2D eigenvalue weighted by Gasteiger charge is 2.14. The van der Waals surface area contributed by atoms with Gasteiger partial charge in [-0.3, -0.25) is 9.59 Å². The molecule has 28 heavy (non-hydrogen) atoms. The average Bonchev–Trinajstić information content (AvgIpc) is 2.65. The number of hydrogen-bond donors (Lipinski definition) is 2. The summed E-state index contributed by atoms with van der Waals surface area (Å²) in [5.41, 5.74) is 3.51. The van der Waals surface area contributed by atoms with E-state index in [1.165, 1.54) is 5.56 Å². The van der Waals surface area contributed by atoms with E-state index >= 15 is 0 Å². The van der Waals surface area contributed by atoms with Crippen LogP contribution in [0.2, 0.25) is 0 Å². The molecule has 0 unspecified atom stereocenters. The molecule has 0 saturated heterocycles. The predicted octanol–water partition coefficient (Wildman–Crippen LogP) is 4.69. The fraction of sp³-hybridized carbons (Fsp3) is 0.417. The maximum absolute atomic E-state index is 12.4. The number of hydrogen-bond acceptors (Lipinski definition) is 2. The van der Waals surface area contributed by atoms with E-state index in [9.17, 15) is 9.59 Å². The predicted molar refractivity (Wildman–Crippen MR) is 115 cm³/mol. The fourth-order valence-corrected chi connectivity index (χ4v) is 2.76. The van der Waals surface area contributed by atoms with Gasteiger partial charge in [0.25, 0.3) is 11.8 Å². The van der Waals surface area contributed by atoms with Crippen LogP contribution in [0.4, 0.5) is 0 Å². The van der Waals surface area contributed by atoms with E-state index in [4.69, 9.17) is 0 Å². The summed E-state index contributed by atoms with van der Waals surface area (Å²) in [6.07, 6.45) is 0.965. The van der Waals surface area contributed by atoms with E-state index in [0.29, 0.717) is 30.1 Å². The molecule has 4 heteroatoms. The van der Waals surface area contributed by atoms with Gasteiger partial charge in [-0.15, -0.1) is 0 Å². The lowest BCUT2D eigenvalue weighted by Gasteiger charge is -2.19. The molecule has 2 aromatic rings. The van der Waals surface area contributed by atoms with Gasteiger partial charge in [-0.2, -0.15) is 0 Å². The second-order valence-electron chi connectivity index (χ2n) is 8.65. The number of rotatable bonds is 7. The molecule has 0 aliphatic carbocycles. The summed E-state index contributed by atoms with van der Waals surface area (Å²) < 4.78 is 0. The zero-order valence-corrected chi connectivity index (χ0v) is 17.6. The SMILES string of the molecule is CC(C)CCNC(=O)c1ccc(CNC(=O)c2ccc(C(C)(C)C)cc2)cc1. The Morgan fingerprint density at radius 3 is 1.82 bits per heavy atom. The van der Waals surface area contributed by atoms with E-state index in [1.54, 1.807) is 12.1 Å². The van der Waals surface area contributed by atoms with Crippen LogP contribution in [0.1, 0.15) is 72.9 Å². The first-order valence-corrected chi connectivity index (χ1v) is 9.92. The molecule has 0 heterocycles. The first kappa shape index (κ1) is 21.7. The monoisotopic (exact) mass is 380 g/mol. The first-order valence-electron chi connectivity index (χ1n) is 9.92. The smallest absolute Gasteiger partial charge is 0.251 e. The van der Waals surface area contributed by atoms with Crippen LogP contribution >= 0.6 is 0 Å². The Hall–Kier alpha value is -2.62. The van der Waals surface area contributed by atoms with Crippen molar-refractivity contribution in [3.63, 3.8) is 0 Å². The zero-order chi connectivity index (χ0) is 20.7. The van der Waals surface area contributed by atoms with E-state index in [1.807, 2.05) is 36.4 Å². The molecule has 2 amide bonds. The summed E-state index contributed by atoms with van der Waals surface area (Å²) in [6.45, 7) is 11.8. The topological polar surface area (TPSA) is 58.2 Å². The second kappa shape index (κ2) is 9.54. The quantitative estimate of drug-likeness (QED) is 0.732. The molecule has 2 N–H and O–H groups in total. The Labute approximate surface area is 168 Å². The highest BCUT2D eigenvalue weighted by molar-refractivity contribution is 5.95. The standard InChI is InChI=1S/C24H32N2O2/c1-17(2)14-15-25-22(27)19-8-6-18(7-9-19)16-26-23(28)20-10-12-21(13-11-20)24(3,4)5/h6-13,17H,14-16H2,1-5H3,(H,25,27)(H,26,28). The maximum atomic E-state index is 12.4. The van der Waals surface area contributed by atoms with E-state index in [-0.39, 0.29) is 17.2 Å². The third-order valence-electron chi connectivity index (χ3n) is 4.69. The molecule has 0 atom stereocenters. The highest BCUT2D eigenvalue weighted by atomic mass is 16.2. The van der Waals surface area contributed by atoms with Crippen LogP contribution < -0.4 is 10.6 Å². The summed E-state index contributed by atoms with van der Waals surface area (Å²) >= 11 is 0. The van der Waals surface area contributed by atoms with Crippen LogP contribution in [-0.2, 0) is 12.0 Å². The van der Waals surface area contributed by atoms with E-state index < -0.39 is 0 Å². The highest BCUT2D eigenvalue weighted by Crippen LogP contribution is 2.22. The van der Waals surface area contributed by atoms with Crippen molar-refractivity contribution in [1.82, 2.24) is 10.6 Å². The molecule has 0 aliphatic rings. The summed E-state index contributed by atoms with van der Waals surface area (Å²) in [5, 5.41) is 5.86. The third kappa shape index (κ3) is 6.52. The Balaban J connectivity index is 1.87. The van der Waals surface area contributed by atoms with E-state index in [2.05, 4.69) is 45.3 Å². The Morgan fingerprint density at radius 2 is 1.32 bits per heavy atom. The molecule has 0 aromatic heterocycles. The van der Waals surface area contributed by atoms with Gasteiger partial charge < -0.3 is 10.6 Å². The molecule has 0 spiro atoms. The van der Waals surface area contributed by atoms with Gasteiger partial charge in [0.2, 0.25) is 0 Å². The molecule has 0 fully saturated rings.